The minimum Gasteiger partial charge on any atom is -0.492 e. The van der Waals surface area contributed by atoms with Crippen molar-refractivity contribution in [2.75, 3.05) is 31.8 Å². The molecule has 12 atom stereocenters. The topological polar surface area (TPSA) is 88.5 Å². The summed E-state index contributed by atoms with van der Waals surface area (Å²) in [7, 11) is 5.68. The van der Waals surface area contributed by atoms with Gasteiger partial charge < -0.3 is 24.4 Å². The van der Waals surface area contributed by atoms with Gasteiger partial charge in [-0.05, 0) is 104 Å². The summed E-state index contributed by atoms with van der Waals surface area (Å²) in [5.74, 6) is 7.60. The number of ether oxygens (including phenoxy) is 3. The first-order valence-electron chi connectivity index (χ1n) is 21.5. The third-order valence-corrected chi connectivity index (χ3v) is 18.8. The molecule has 10 rings (SSSR count). The number of hydrogen-bond acceptors (Lipinski definition) is 9. The summed E-state index contributed by atoms with van der Waals surface area (Å²) in [5, 5.41) is 23.5. The molecule has 0 amide bonds. The van der Waals surface area contributed by atoms with Crippen molar-refractivity contribution in [2.45, 2.75) is 108 Å². The monoisotopic (exact) mass is 785 g/mol. The normalized spacial score (nSPS) is 43.2. The molecular formula is C46H59NO6S2. The van der Waals surface area contributed by atoms with Crippen molar-refractivity contribution < 1.29 is 29.2 Å². The maximum absolute atomic E-state index is 13.4. The molecule has 3 bridgehead atoms. The molecule has 7 nitrogen and oxygen atoms in total. The van der Waals surface area contributed by atoms with Gasteiger partial charge in [0.2, 0.25) is 5.76 Å². The second-order valence-electron chi connectivity index (χ2n) is 18.7. The predicted molar refractivity (Wildman–Crippen MR) is 217 cm³/mol. The van der Waals surface area contributed by atoms with Crippen LogP contribution >= 0.6 is 21.6 Å². The molecule has 296 valence electrons. The Morgan fingerprint density at radius 2 is 1.84 bits per heavy atom. The molecule has 12 unspecified atom stereocenters. The zero-order chi connectivity index (χ0) is 37.4. The number of aliphatic hydroxyl groups excluding tert-OH is 2. The van der Waals surface area contributed by atoms with Crippen molar-refractivity contribution in [2.24, 2.45) is 52.8 Å². The second-order valence-corrected chi connectivity index (χ2v) is 21.2. The number of methoxy groups -OCH3 is 1. The molecule has 1 aromatic carbocycles. The summed E-state index contributed by atoms with van der Waals surface area (Å²) in [6.45, 7) is 2.69. The average Bonchev–Trinajstić information content (AvgIpc) is 4.02. The minimum atomic E-state index is -0.571. The number of nitrogens with zero attached hydrogens (tertiary/aromatic N) is 1. The van der Waals surface area contributed by atoms with Gasteiger partial charge in [-0.3, -0.25) is 4.90 Å². The number of esters is 1. The van der Waals surface area contributed by atoms with Crippen molar-refractivity contribution in [1.29, 1.82) is 0 Å². The van der Waals surface area contributed by atoms with Crippen molar-refractivity contribution in [1.82, 2.24) is 4.90 Å². The molecule has 55 heavy (non-hydrogen) atoms. The molecule has 2 N–H and O–H groups in total. The van der Waals surface area contributed by atoms with E-state index in [1.807, 2.05) is 0 Å². The van der Waals surface area contributed by atoms with Gasteiger partial charge in [0.25, 0.3) is 0 Å². The second kappa shape index (κ2) is 14.9. The average molecular weight is 786 g/mol. The van der Waals surface area contributed by atoms with Gasteiger partial charge in [0.15, 0.2) is 11.5 Å². The third-order valence-electron chi connectivity index (χ3n) is 16.3. The largest absolute Gasteiger partial charge is 0.492 e. The number of fused-ring (bicyclic) bond motifs is 6. The van der Waals surface area contributed by atoms with E-state index in [1.54, 1.807) is 0 Å². The molecule has 9 aliphatic rings. The number of piperidine rings is 1. The summed E-state index contributed by atoms with van der Waals surface area (Å²) < 4.78 is 18.3. The van der Waals surface area contributed by atoms with Gasteiger partial charge in [0.05, 0.1) is 19.8 Å². The summed E-state index contributed by atoms with van der Waals surface area (Å²) >= 11 is 0. The van der Waals surface area contributed by atoms with Crippen LogP contribution in [0.3, 0.4) is 0 Å². The van der Waals surface area contributed by atoms with E-state index in [1.165, 1.54) is 81.8 Å². The van der Waals surface area contributed by atoms with Gasteiger partial charge in [0, 0.05) is 47.9 Å². The molecule has 5 heterocycles. The highest BCUT2D eigenvalue weighted by Gasteiger charge is 2.64. The van der Waals surface area contributed by atoms with E-state index in [4.69, 9.17) is 14.2 Å². The SMILES string of the molecule is COC1=C(CO)C(=O)OC1=C1OC2=CCCN3C(CC4C5CC6(CCC(CSSCC7=CCC(C8CCCC8)CC7C(O)C53)C6)C4c3ccccc3)C2C1C. The van der Waals surface area contributed by atoms with E-state index in [0.29, 0.717) is 35.2 Å². The lowest BCUT2D eigenvalue weighted by Crippen LogP contribution is -2.62. The number of carbonyl (C=O) groups excluding carboxylic acids is 1. The molecule has 3 saturated carbocycles. The maximum atomic E-state index is 13.4. The van der Waals surface area contributed by atoms with E-state index in [-0.39, 0.29) is 46.6 Å². The van der Waals surface area contributed by atoms with Gasteiger partial charge in [-0.15, -0.1) is 0 Å². The lowest BCUT2D eigenvalue weighted by molar-refractivity contribution is -0.133. The molecular weight excluding hydrogens is 727 g/mol. The predicted octanol–water partition coefficient (Wildman–Crippen LogP) is 8.77. The first-order valence-corrected chi connectivity index (χ1v) is 24.0. The highest BCUT2D eigenvalue weighted by Crippen LogP contribution is 2.69. The van der Waals surface area contributed by atoms with E-state index in [9.17, 15) is 15.0 Å². The standard InChI is InChI=1S/C46H59NO6S2/c1-26-38-36-20-33-34-22-46(39(33)29-11-4-3-5-12-29)17-16-27(21-46)24-54-55-25-31-15-14-30(28-9-6-7-10-28)19-32(31)41(49)40(34)47(36)18-8-13-37(38)52-42(26)44-43(51-2)35(23-48)45(50)53-44/h3-5,11-13,15,26-28,30,32-34,36,38-41,48-49H,6-10,14,16-25H2,1-2H3. The number of hydrogen-bond donors (Lipinski definition) is 2. The maximum Gasteiger partial charge on any atom is 0.345 e. The lowest BCUT2D eigenvalue weighted by Gasteiger charge is -2.54. The number of carbonyl (C=O) groups is 1. The molecule has 9 heteroatoms. The minimum absolute atomic E-state index is 0.0541. The van der Waals surface area contributed by atoms with Gasteiger partial charge >= 0.3 is 5.97 Å². The molecule has 1 aromatic rings. The van der Waals surface area contributed by atoms with Crippen LogP contribution in [0.25, 0.3) is 0 Å². The van der Waals surface area contributed by atoms with E-state index < -0.39 is 18.7 Å². The fourth-order valence-electron chi connectivity index (χ4n) is 14.1. The van der Waals surface area contributed by atoms with E-state index in [2.05, 4.69) is 75.9 Å². The zero-order valence-corrected chi connectivity index (χ0v) is 34.2. The number of allylic oxidation sites excluding steroid dienone is 2. The van der Waals surface area contributed by atoms with Crippen LogP contribution in [0.15, 0.2) is 76.7 Å². The Morgan fingerprint density at radius 3 is 2.64 bits per heavy atom. The van der Waals surface area contributed by atoms with Crippen LogP contribution in [-0.2, 0) is 19.0 Å². The summed E-state index contributed by atoms with van der Waals surface area (Å²) in [4.78, 5) is 15.7. The highest BCUT2D eigenvalue weighted by molar-refractivity contribution is 8.76. The Morgan fingerprint density at radius 1 is 1.00 bits per heavy atom. The van der Waals surface area contributed by atoms with E-state index >= 15 is 0 Å². The summed E-state index contributed by atoms with van der Waals surface area (Å²) in [5.41, 5.74) is 3.40. The number of aliphatic hydroxyl groups is 2. The summed E-state index contributed by atoms with van der Waals surface area (Å²) in [6.07, 6.45) is 19.2. The molecule has 1 spiro atoms. The highest BCUT2D eigenvalue weighted by atomic mass is 33.1. The number of benzene rings is 1. The van der Waals surface area contributed by atoms with Crippen LogP contribution in [0.1, 0.15) is 95.5 Å². The van der Waals surface area contributed by atoms with Crippen LogP contribution in [0.4, 0.5) is 0 Å². The fourth-order valence-corrected chi connectivity index (χ4v) is 16.7. The third kappa shape index (κ3) is 6.14. The number of cyclic esters (lactones) is 1. The molecule has 0 radical (unpaired) electrons. The Hall–Kier alpha value is -2.17. The van der Waals surface area contributed by atoms with Crippen molar-refractivity contribution in [3.8, 4) is 0 Å². The van der Waals surface area contributed by atoms with Crippen LogP contribution < -0.4 is 0 Å². The molecule has 4 aliphatic carbocycles. The van der Waals surface area contributed by atoms with Gasteiger partial charge in [-0.1, -0.05) is 96.2 Å². The van der Waals surface area contributed by atoms with Crippen molar-refractivity contribution in [3.63, 3.8) is 0 Å². The molecule has 0 aromatic heterocycles. The van der Waals surface area contributed by atoms with Gasteiger partial charge in [-0.25, -0.2) is 4.79 Å². The zero-order valence-electron chi connectivity index (χ0n) is 32.6. The first kappa shape index (κ1) is 37.1. The summed E-state index contributed by atoms with van der Waals surface area (Å²) in [6, 6.07) is 11.7. The van der Waals surface area contributed by atoms with Gasteiger partial charge in [-0.2, -0.15) is 0 Å². The van der Waals surface area contributed by atoms with Crippen LogP contribution in [-0.4, -0.2) is 71.0 Å². The Labute approximate surface area is 335 Å². The molecule has 6 fully saturated rings. The first-order chi connectivity index (χ1) is 26.9. The Kier molecular flexibility index (Phi) is 10.1. The smallest absolute Gasteiger partial charge is 0.345 e. The lowest BCUT2D eigenvalue weighted by atomic mass is 9.64. The van der Waals surface area contributed by atoms with Crippen molar-refractivity contribution in [3.05, 3.63) is 82.2 Å². The number of rotatable bonds is 4. The van der Waals surface area contributed by atoms with Gasteiger partial charge in [0.1, 0.15) is 11.3 Å². The van der Waals surface area contributed by atoms with Crippen LogP contribution in [0.2, 0.25) is 0 Å². The quantitative estimate of drug-likeness (QED) is 0.177. The Bertz CT molecular complexity index is 1780. The van der Waals surface area contributed by atoms with Crippen molar-refractivity contribution >= 4 is 27.6 Å². The Balaban J connectivity index is 1.09. The molecule has 5 aliphatic heterocycles. The van der Waals surface area contributed by atoms with Crippen LogP contribution in [0.5, 0.6) is 0 Å². The van der Waals surface area contributed by atoms with E-state index in [0.717, 1.165) is 49.2 Å². The van der Waals surface area contributed by atoms with Crippen LogP contribution in [0, 0.1) is 52.8 Å². The molecule has 3 saturated heterocycles. The fraction of sp³-hybridized carbons (Fsp3) is 0.674.